The van der Waals surface area contributed by atoms with Gasteiger partial charge in [-0.05, 0) is 50.1 Å². The van der Waals surface area contributed by atoms with E-state index < -0.39 is 16.9 Å². The van der Waals surface area contributed by atoms with Gasteiger partial charge in [-0.2, -0.15) is 11.3 Å². The maximum absolute atomic E-state index is 11.8. The highest BCUT2D eigenvalue weighted by molar-refractivity contribution is 7.07. The van der Waals surface area contributed by atoms with Gasteiger partial charge < -0.3 is 15.7 Å². The second kappa shape index (κ2) is 5.61. The minimum atomic E-state index is -1.06. The summed E-state index contributed by atoms with van der Waals surface area (Å²) < 4.78 is 0. The topological polar surface area (TPSA) is 78.4 Å². The van der Waals surface area contributed by atoms with Crippen LogP contribution >= 0.6 is 11.3 Å². The van der Waals surface area contributed by atoms with E-state index in [1.807, 2.05) is 16.8 Å². The van der Waals surface area contributed by atoms with Crippen LogP contribution in [0.15, 0.2) is 16.8 Å². The largest absolute Gasteiger partial charge is 0.481 e. The number of amides is 2. The predicted octanol–water partition coefficient (Wildman–Crippen LogP) is 2.44. The molecule has 1 rings (SSSR count). The monoisotopic (exact) mass is 284 g/mol. The molecule has 19 heavy (non-hydrogen) atoms. The molecule has 2 amide bonds. The number of carbonyl (C=O) groups excluding carboxylic acids is 1. The molecule has 1 heterocycles. The average molecular weight is 284 g/mol. The lowest BCUT2D eigenvalue weighted by molar-refractivity contribution is -0.150. The van der Waals surface area contributed by atoms with Gasteiger partial charge in [-0.3, -0.25) is 4.79 Å². The van der Waals surface area contributed by atoms with Gasteiger partial charge in [-0.15, -0.1) is 0 Å². The molecule has 3 N–H and O–H groups in total. The summed E-state index contributed by atoms with van der Waals surface area (Å²) >= 11 is 1.56. The van der Waals surface area contributed by atoms with Gasteiger partial charge >= 0.3 is 12.0 Å². The second-order valence-corrected chi connectivity index (χ2v) is 6.27. The van der Waals surface area contributed by atoms with Gasteiger partial charge in [0.2, 0.25) is 0 Å². The normalized spacial score (nSPS) is 12.0. The summed E-state index contributed by atoms with van der Waals surface area (Å²) in [6.07, 6.45) is 0. The molecule has 0 aromatic carbocycles. The first-order chi connectivity index (χ1) is 8.67. The van der Waals surface area contributed by atoms with E-state index in [1.165, 1.54) is 0 Å². The molecule has 1 aromatic heterocycles. The predicted molar refractivity (Wildman–Crippen MR) is 75.2 cm³/mol. The number of thiophene rings is 1. The van der Waals surface area contributed by atoms with Gasteiger partial charge in [0.05, 0.1) is 11.0 Å². The first kappa shape index (κ1) is 15.5. The van der Waals surface area contributed by atoms with E-state index in [0.717, 1.165) is 5.56 Å². The van der Waals surface area contributed by atoms with Crippen LogP contribution in [0.5, 0.6) is 0 Å². The molecule has 0 fully saturated rings. The molecular weight excluding hydrogens is 264 g/mol. The molecule has 1 aromatic rings. The number of carboxylic acids is 1. The molecule has 0 saturated carbocycles. The van der Waals surface area contributed by atoms with Crippen LogP contribution in [0, 0.1) is 5.41 Å². The highest BCUT2D eigenvalue weighted by Crippen LogP contribution is 2.30. The van der Waals surface area contributed by atoms with Gasteiger partial charge in [0.25, 0.3) is 0 Å². The quantitative estimate of drug-likeness (QED) is 0.777. The van der Waals surface area contributed by atoms with E-state index in [9.17, 15) is 14.7 Å². The SMILES string of the molecule is CC(C)(NC(=O)NCc1ccsc1)C(C)(C)C(=O)O. The van der Waals surface area contributed by atoms with Crippen molar-refractivity contribution < 1.29 is 14.7 Å². The van der Waals surface area contributed by atoms with E-state index in [0.29, 0.717) is 6.54 Å². The van der Waals surface area contributed by atoms with Crippen LogP contribution in [-0.4, -0.2) is 22.6 Å². The highest BCUT2D eigenvalue weighted by Gasteiger charge is 2.44. The van der Waals surface area contributed by atoms with Crippen molar-refractivity contribution in [3.63, 3.8) is 0 Å². The maximum atomic E-state index is 11.8. The van der Waals surface area contributed by atoms with Crippen LogP contribution in [-0.2, 0) is 11.3 Å². The molecule has 5 nitrogen and oxygen atoms in total. The molecule has 106 valence electrons. The number of carboxylic acid groups (broad SMARTS) is 1. The molecule has 0 bridgehead atoms. The van der Waals surface area contributed by atoms with Gasteiger partial charge in [-0.25, -0.2) is 4.79 Å². The van der Waals surface area contributed by atoms with Crippen LogP contribution in [0.4, 0.5) is 4.79 Å². The Morgan fingerprint density at radius 1 is 1.32 bits per heavy atom. The molecule has 6 heteroatoms. The van der Waals surface area contributed by atoms with Crippen LogP contribution in [0.3, 0.4) is 0 Å². The fourth-order valence-corrected chi connectivity index (χ4v) is 2.00. The minimum absolute atomic E-state index is 0.370. The van der Waals surface area contributed by atoms with Gasteiger partial charge in [-0.1, -0.05) is 0 Å². The summed E-state index contributed by atoms with van der Waals surface area (Å²) in [5.74, 6) is -0.948. The molecular formula is C13H20N2O3S. The molecule has 0 unspecified atom stereocenters. The number of hydrogen-bond donors (Lipinski definition) is 3. The van der Waals surface area contributed by atoms with Crippen LogP contribution in [0.2, 0.25) is 0 Å². The molecule has 0 atom stereocenters. The summed E-state index contributed by atoms with van der Waals surface area (Å²) in [6.45, 7) is 7.01. The van der Waals surface area contributed by atoms with Crippen molar-refractivity contribution in [2.75, 3.05) is 0 Å². The lowest BCUT2D eigenvalue weighted by Crippen LogP contribution is -2.58. The zero-order chi connectivity index (χ0) is 14.7. The number of nitrogens with one attached hydrogen (secondary N) is 2. The number of aliphatic carboxylic acids is 1. The number of rotatable bonds is 5. The standard InChI is InChI=1S/C13H20N2O3S/c1-12(2,10(16)17)13(3,4)15-11(18)14-7-9-5-6-19-8-9/h5-6,8H,7H2,1-4H3,(H,16,17)(H2,14,15,18). The lowest BCUT2D eigenvalue weighted by Gasteiger charge is -2.38. The van der Waals surface area contributed by atoms with Crippen LogP contribution < -0.4 is 10.6 Å². The van der Waals surface area contributed by atoms with Gasteiger partial charge in [0.1, 0.15) is 0 Å². The van der Waals surface area contributed by atoms with E-state index >= 15 is 0 Å². The Balaban J connectivity index is 2.58. The fourth-order valence-electron chi connectivity index (χ4n) is 1.33. The number of urea groups is 1. The number of carbonyl (C=O) groups is 2. The molecule has 0 saturated heterocycles. The van der Waals surface area contributed by atoms with E-state index in [4.69, 9.17) is 0 Å². The van der Waals surface area contributed by atoms with Gasteiger partial charge in [0.15, 0.2) is 0 Å². The smallest absolute Gasteiger partial charge is 0.315 e. The van der Waals surface area contributed by atoms with E-state index in [-0.39, 0.29) is 6.03 Å². The van der Waals surface area contributed by atoms with Crippen molar-refractivity contribution in [1.29, 1.82) is 0 Å². The van der Waals surface area contributed by atoms with Gasteiger partial charge in [0, 0.05) is 6.54 Å². The molecule has 0 aliphatic heterocycles. The zero-order valence-electron chi connectivity index (χ0n) is 11.6. The van der Waals surface area contributed by atoms with Crippen molar-refractivity contribution >= 4 is 23.3 Å². The Morgan fingerprint density at radius 2 is 1.95 bits per heavy atom. The minimum Gasteiger partial charge on any atom is -0.481 e. The molecule has 0 aliphatic rings. The Labute approximate surface area is 117 Å². The van der Waals surface area contributed by atoms with Crippen molar-refractivity contribution in [2.24, 2.45) is 5.41 Å². The number of hydrogen-bond acceptors (Lipinski definition) is 3. The fraction of sp³-hybridized carbons (Fsp3) is 0.538. The van der Waals surface area contributed by atoms with E-state index in [1.54, 1.807) is 39.0 Å². The van der Waals surface area contributed by atoms with Crippen molar-refractivity contribution in [1.82, 2.24) is 10.6 Å². The zero-order valence-corrected chi connectivity index (χ0v) is 12.4. The average Bonchev–Trinajstić information content (AvgIpc) is 2.78. The maximum Gasteiger partial charge on any atom is 0.315 e. The lowest BCUT2D eigenvalue weighted by atomic mass is 9.74. The van der Waals surface area contributed by atoms with Crippen molar-refractivity contribution in [2.45, 2.75) is 39.8 Å². The summed E-state index contributed by atoms with van der Waals surface area (Å²) in [5.41, 5.74) is -0.903. The Morgan fingerprint density at radius 3 is 2.42 bits per heavy atom. The van der Waals surface area contributed by atoms with Crippen LogP contribution in [0.25, 0.3) is 0 Å². The van der Waals surface area contributed by atoms with Crippen LogP contribution in [0.1, 0.15) is 33.3 Å². The van der Waals surface area contributed by atoms with Crippen molar-refractivity contribution in [3.05, 3.63) is 22.4 Å². The first-order valence-corrected chi connectivity index (χ1v) is 6.91. The third kappa shape index (κ3) is 3.70. The summed E-state index contributed by atoms with van der Waals surface area (Å²) in [7, 11) is 0. The molecule has 0 aliphatic carbocycles. The Hall–Kier alpha value is -1.56. The molecule has 0 radical (unpaired) electrons. The second-order valence-electron chi connectivity index (χ2n) is 5.49. The third-order valence-electron chi connectivity index (χ3n) is 3.56. The third-order valence-corrected chi connectivity index (χ3v) is 4.29. The Bertz CT molecular complexity index is 452. The van der Waals surface area contributed by atoms with Crippen molar-refractivity contribution in [3.8, 4) is 0 Å². The molecule has 0 spiro atoms. The first-order valence-electron chi connectivity index (χ1n) is 5.97. The highest BCUT2D eigenvalue weighted by atomic mass is 32.1. The summed E-state index contributed by atoms with van der Waals surface area (Å²) in [6, 6.07) is 1.56. The summed E-state index contributed by atoms with van der Waals surface area (Å²) in [5, 5.41) is 18.5. The summed E-state index contributed by atoms with van der Waals surface area (Å²) in [4.78, 5) is 23.0. The Kier molecular flexibility index (Phi) is 4.57. The van der Waals surface area contributed by atoms with E-state index in [2.05, 4.69) is 10.6 Å².